The van der Waals surface area contributed by atoms with Gasteiger partial charge in [-0.2, -0.15) is 0 Å². The lowest BCUT2D eigenvalue weighted by Crippen LogP contribution is -2.44. The van der Waals surface area contributed by atoms with E-state index in [9.17, 15) is 14.7 Å². The number of rotatable bonds is 6. The molecule has 1 amide bonds. The molecule has 2 aromatic rings. The van der Waals surface area contributed by atoms with Gasteiger partial charge in [0, 0.05) is 12.3 Å². The first-order valence-electron chi connectivity index (χ1n) is 8.85. The van der Waals surface area contributed by atoms with Gasteiger partial charge in [-0.3, -0.25) is 0 Å². The number of benzene rings is 2. The maximum absolute atomic E-state index is 12.2. The van der Waals surface area contributed by atoms with Crippen LogP contribution in [-0.2, 0) is 9.53 Å². The van der Waals surface area contributed by atoms with Crippen molar-refractivity contribution in [2.24, 2.45) is 0 Å². The summed E-state index contributed by atoms with van der Waals surface area (Å²) in [7, 11) is 0. The molecule has 0 unspecified atom stereocenters. The van der Waals surface area contributed by atoms with Gasteiger partial charge in [0.2, 0.25) is 0 Å². The molecule has 0 aromatic heterocycles. The number of carbonyl (C=O) groups is 2. The Bertz CT molecular complexity index is 849. The van der Waals surface area contributed by atoms with Gasteiger partial charge in [-0.15, -0.1) is 0 Å². The maximum Gasteiger partial charge on any atom is 0.407 e. The van der Waals surface area contributed by atoms with Crippen LogP contribution in [0.2, 0.25) is 0 Å². The lowest BCUT2D eigenvalue weighted by Gasteiger charge is -2.18. The summed E-state index contributed by atoms with van der Waals surface area (Å²) in [6.45, 7) is 1.97. The average molecular weight is 367 g/mol. The number of ether oxygens (including phenoxy) is 1. The Morgan fingerprint density at radius 1 is 1.11 bits per heavy atom. The zero-order valence-electron chi connectivity index (χ0n) is 14.9. The summed E-state index contributed by atoms with van der Waals surface area (Å²) in [4.78, 5) is 23.6. The summed E-state index contributed by atoms with van der Waals surface area (Å²) < 4.78 is 5.40. The average Bonchev–Trinajstić information content (AvgIpc) is 3.30. The molecule has 0 spiro atoms. The van der Waals surface area contributed by atoms with Crippen LogP contribution in [0.4, 0.5) is 4.79 Å². The lowest BCUT2D eigenvalue weighted by atomic mass is 9.98. The second-order valence-electron chi connectivity index (χ2n) is 7.15. The molecule has 0 radical (unpaired) electrons. The topological polar surface area (TPSA) is 120 Å². The first-order valence-corrected chi connectivity index (χ1v) is 8.85. The minimum atomic E-state index is -1.10. The first kappa shape index (κ1) is 17.5. The molecular formula is C20H21N3O4. The van der Waals surface area contributed by atoms with Crippen molar-refractivity contribution in [3.8, 4) is 11.1 Å². The Kier molecular flexibility index (Phi) is 4.33. The van der Waals surface area contributed by atoms with E-state index in [0.29, 0.717) is 0 Å². The summed E-state index contributed by atoms with van der Waals surface area (Å²) in [5.41, 5.74) is 9.76. The highest BCUT2D eigenvalue weighted by molar-refractivity contribution is 5.81. The number of hydrogen-bond donors (Lipinski definition) is 4. The van der Waals surface area contributed by atoms with Gasteiger partial charge in [0.05, 0.1) is 5.66 Å². The van der Waals surface area contributed by atoms with Crippen LogP contribution in [0, 0.1) is 0 Å². The van der Waals surface area contributed by atoms with Crippen LogP contribution in [0.1, 0.15) is 30.4 Å². The van der Waals surface area contributed by atoms with Gasteiger partial charge in [0.25, 0.3) is 0 Å². The van der Waals surface area contributed by atoms with Crippen LogP contribution in [0.3, 0.4) is 0 Å². The standard InChI is InChI=1S/C20H21N3O4/c1-20(22-23-20)10-17(18(24)25)21-19(26)27-11-16-14-8-4-2-6-12(14)13-7-3-5-9-15(13)16/h2-9,16-17,22-23H,10-11H2,1H3,(H,21,26)(H,24,25)/t17-/m0/s1. The fourth-order valence-electron chi connectivity index (χ4n) is 3.60. The number of nitrogens with one attached hydrogen (secondary N) is 3. The summed E-state index contributed by atoms with van der Waals surface area (Å²) in [6.07, 6.45) is -0.513. The Balaban J connectivity index is 1.44. The highest BCUT2D eigenvalue weighted by Crippen LogP contribution is 2.44. The molecule has 0 saturated carbocycles. The molecular weight excluding hydrogens is 346 g/mol. The lowest BCUT2D eigenvalue weighted by molar-refractivity contribution is -0.139. The van der Waals surface area contributed by atoms with Crippen molar-refractivity contribution in [3.63, 3.8) is 0 Å². The van der Waals surface area contributed by atoms with Gasteiger partial charge in [-0.25, -0.2) is 20.4 Å². The minimum absolute atomic E-state index is 0.0595. The zero-order valence-corrected chi connectivity index (χ0v) is 14.9. The normalized spacial score (nSPS) is 17.5. The molecule has 27 heavy (non-hydrogen) atoms. The Morgan fingerprint density at radius 2 is 1.67 bits per heavy atom. The Labute approximate surface area is 156 Å². The van der Waals surface area contributed by atoms with E-state index in [0.717, 1.165) is 22.3 Å². The van der Waals surface area contributed by atoms with Gasteiger partial charge >= 0.3 is 12.1 Å². The molecule has 7 heteroatoms. The predicted molar refractivity (Wildman–Crippen MR) is 98.9 cm³/mol. The van der Waals surface area contributed by atoms with Gasteiger partial charge < -0.3 is 15.2 Å². The van der Waals surface area contributed by atoms with E-state index in [4.69, 9.17) is 4.74 Å². The molecule has 7 nitrogen and oxygen atoms in total. The fraction of sp³-hybridized carbons (Fsp3) is 0.300. The molecule has 1 fully saturated rings. The summed E-state index contributed by atoms with van der Waals surface area (Å²) in [5, 5.41) is 11.8. The molecule has 4 rings (SSSR count). The van der Waals surface area contributed by atoms with Crippen molar-refractivity contribution in [3.05, 3.63) is 59.7 Å². The van der Waals surface area contributed by atoms with Crippen molar-refractivity contribution >= 4 is 12.1 Å². The molecule has 4 N–H and O–H groups in total. The number of alkyl carbamates (subject to hydrolysis) is 1. The van der Waals surface area contributed by atoms with Crippen LogP contribution < -0.4 is 16.2 Å². The van der Waals surface area contributed by atoms with E-state index in [1.54, 1.807) is 0 Å². The number of fused-ring (bicyclic) bond motifs is 3. The highest BCUT2D eigenvalue weighted by atomic mass is 16.5. The van der Waals surface area contributed by atoms with E-state index in [2.05, 4.69) is 28.3 Å². The minimum Gasteiger partial charge on any atom is -0.480 e. The largest absolute Gasteiger partial charge is 0.480 e. The molecule has 1 aliphatic carbocycles. The number of carbonyl (C=O) groups excluding carboxylic acids is 1. The second-order valence-corrected chi connectivity index (χ2v) is 7.15. The molecule has 0 bridgehead atoms. The van der Waals surface area contributed by atoms with Gasteiger partial charge in [-0.05, 0) is 29.2 Å². The number of amides is 1. The third kappa shape index (κ3) is 3.51. The number of hydrogen-bond acceptors (Lipinski definition) is 5. The van der Waals surface area contributed by atoms with Crippen LogP contribution in [0.15, 0.2) is 48.5 Å². The third-order valence-corrected chi connectivity index (χ3v) is 5.10. The van der Waals surface area contributed by atoms with Gasteiger partial charge in [0.1, 0.15) is 12.6 Å². The Morgan fingerprint density at radius 3 is 2.19 bits per heavy atom. The van der Waals surface area contributed by atoms with Crippen molar-refractivity contribution in [2.45, 2.75) is 31.0 Å². The smallest absolute Gasteiger partial charge is 0.407 e. The number of aliphatic carboxylic acids is 1. The SMILES string of the molecule is CC1(C[C@H](NC(=O)OCC2c3ccccc3-c3ccccc32)C(=O)O)NN1. The molecule has 1 heterocycles. The third-order valence-electron chi connectivity index (χ3n) is 5.10. The quantitative estimate of drug-likeness (QED) is 0.581. The summed E-state index contributed by atoms with van der Waals surface area (Å²) >= 11 is 0. The zero-order chi connectivity index (χ0) is 19.0. The number of carboxylic acids is 1. The van der Waals surface area contributed by atoms with E-state index < -0.39 is 23.8 Å². The maximum atomic E-state index is 12.2. The van der Waals surface area contributed by atoms with Crippen LogP contribution in [-0.4, -0.2) is 35.5 Å². The molecule has 140 valence electrons. The predicted octanol–water partition coefficient (Wildman–Crippen LogP) is 2.19. The summed E-state index contributed by atoms with van der Waals surface area (Å²) in [6, 6.07) is 15.1. The van der Waals surface area contributed by atoms with Crippen molar-refractivity contribution in [1.29, 1.82) is 0 Å². The monoisotopic (exact) mass is 367 g/mol. The van der Waals surface area contributed by atoms with E-state index in [1.165, 1.54) is 0 Å². The molecule has 2 aliphatic rings. The number of carboxylic acid groups (broad SMARTS) is 1. The number of hydrazine groups is 1. The van der Waals surface area contributed by atoms with Crippen LogP contribution >= 0.6 is 0 Å². The highest BCUT2D eigenvalue weighted by Gasteiger charge is 2.41. The molecule has 1 saturated heterocycles. The van der Waals surface area contributed by atoms with Crippen molar-refractivity contribution in [1.82, 2.24) is 16.2 Å². The van der Waals surface area contributed by atoms with Crippen molar-refractivity contribution in [2.75, 3.05) is 6.61 Å². The second kappa shape index (κ2) is 6.68. The summed E-state index contributed by atoms with van der Waals surface area (Å²) in [5.74, 6) is -1.16. The molecule has 1 aliphatic heterocycles. The van der Waals surface area contributed by atoms with E-state index >= 15 is 0 Å². The Hall–Kier alpha value is -2.90. The fourth-order valence-corrected chi connectivity index (χ4v) is 3.60. The molecule has 2 aromatic carbocycles. The van der Waals surface area contributed by atoms with Crippen molar-refractivity contribution < 1.29 is 19.4 Å². The first-order chi connectivity index (χ1) is 13.0. The molecule has 1 atom stereocenters. The van der Waals surface area contributed by atoms with Gasteiger partial charge in [-0.1, -0.05) is 48.5 Å². The van der Waals surface area contributed by atoms with Gasteiger partial charge in [0.15, 0.2) is 0 Å². The van der Waals surface area contributed by atoms with Crippen LogP contribution in [0.5, 0.6) is 0 Å². The van der Waals surface area contributed by atoms with E-state index in [-0.39, 0.29) is 18.9 Å². The van der Waals surface area contributed by atoms with Crippen LogP contribution in [0.25, 0.3) is 11.1 Å². The van der Waals surface area contributed by atoms with E-state index in [1.807, 2.05) is 43.3 Å².